The van der Waals surface area contributed by atoms with Crippen LogP contribution in [0, 0.1) is 0 Å². The zero-order chi connectivity index (χ0) is 7.56. The Labute approximate surface area is 68.8 Å². The minimum atomic E-state index is -0.627. The topological polar surface area (TPSA) is 23.1 Å². The number of halogens is 1. The Balaban J connectivity index is 2.96. The molecule has 1 rings (SSSR count). The molecule has 54 valence electrons. The zero-order valence-corrected chi connectivity index (χ0v) is 7.26. The van der Waals surface area contributed by atoms with Crippen molar-refractivity contribution in [2.75, 3.05) is 0 Å². The van der Waals surface area contributed by atoms with Crippen molar-refractivity contribution in [1.82, 2.24) is 0 Å². The Morgan fingerprint density at radius 3 is 2.60 bits per heavy atom. The quantitative estimate of drug-likeness (QED) is 0.678. The van der Waals surface area contributed by atoms with Crippen molar-refractivity contribution in [3.63, 3.8) is 0 Å². The SMILES string of the molecule is CC([O-])c1cccc(Br)c1. The molecule has 0 aliphatic carbocycles. The maximum absolute atomic E-state index is 10.9. The molecule has 1 atom stereocenters. The summed E-state index contributed by atoms with van der Waals surface area (Å²) >= 11 is 3.29. The smallest absolute Gasteiger partial charge is 0.0177 e. The molecule has 0 spiro atoms. The summed E-state index contributed by atoms with van der Waals surface area (Å²) in [7, 11) is 0. The van der Waals surface area contributed by atoms with E-state index in [1.54, 1.807) is 6.92 Å². The van der Waals surface area contributed by atoms with Gasteiger partial charge in [0.1, 0.15) is 0 Å². The van der Waals surface area contributed by atoms with Gasteiger partial charge >= 0.3 is 0 Å². The molecule has 0 aromatic heterocycles. The summed E-state index contributed by atoms with van der Waals surface area (Å²) in [5, 5.41) is 10.9. The van der Waals surface area contributed by atoms with Crippen LogP contribution in [0.4, 0.5) is 0 Å². The van der Waals surface area contributed by atoms with Gasteiger partial charge in [-0.1, -0.05) is 40.5 Å². The van der Waals surface area contributed by atoms with Crippen LogP contribution in [0.3, 0.4) is 0 Å². The highest BCUT2D eigenvalue weighted by atomic mass is 79.9. The Kier molecular flexibility index (Phi) is 2.46. The zero-order valence-electron chi connectivity index (χ0n) is 5.67. The van der Waals surface area contributed by atoms with Gasteiger partial charge in [0.15, 0.2) is 0 Å². The Morgan fingerprint density at radius 2 is 2.20 bits per heavy atom. The van der Waals surface area contributed by atoms with E-state index in [0.717, 1.165) is 10.0 Å². The van der Waals surface area contributed by atoms with Crippen molar-refractivity contribution in [2.45, 2.75) is 13.0 Å². The molecule has 1 aromatic carbocycles. The number of hydrogen-bond donors (Lipinski definition) is 0. The third-order valence-corrected chi connectivity index (χ3v) is 1.81. The summed E-state index contributed by atoms with van der Waals surface area (Å²) in [6.07, 6.45) is -0.627. The average molecular weight is 200 g/mol. The molecule has 1 aromatic rings. The molecule has 0 N–H and O–H groups in total. The average Bonchev–Trinajstić information content (AvgIpc) is 1.88. The van der Waals surface area contributed by atoms with Gasteiger partial charge in [-0.25, -0.2) is 0 Å². The first-order valence-electron chi connectivity index (χ1n) is 3.11. The predicted molar refractivity (Wildman–Crippen MR) is 42.6 cm³/mol. The van der Waals surface area contributed by atoms with Gasteiger partial charge in [0.05, 0.1) is 0 Å². The molecular formula is C8H8BrO-. The van der Waals surface area contributed by atoms with Crippen molar-refractivity contribution in [3.8, 4) is 0 Å². The van der Waals surface area contributed by atoms with Crippen molar-refractivity contribution in [2.24, 2.45) is 0 Å². The van der Waals surface area contributed by atoms with Gasteiger partial charge in [-0.3, -0.25) is 0 Å². The van der Waals surface area contributed by atoms with Crippen LogP contribution in [0.2, 0.25) is 0 Å². The van der Waals surface area contributed by atoms with Crippen LogP contribution in [0.5, 0.6) is 0 Å². The summed E-state index contributed by atoms with van der Waals surface area (Å²) in [4.78, 5) is 0. The lowest BCUT2D eigenvalue weighted by molar-refractivity contribution is -0.420. The van der Waals surface area contributed by atoms with Crippen molar-refractivity contribution >= 4 is 15.9 Å². The standard InChI is InChI=1S/C8H8BrO/c1-6(10)7-3-2-4-8(9)5-7/h2-6H,1H3/q-1. The highest BCUT2D eigenvalue weighted by molar-refractivity contribution is 9.10. The van der Waals surface area contributed by atoms with Crippen LogP contribution in [-0.4, -0.2) is 0 Å². The van der Waals surface area contributed by atoms with E-state index >= 15 is 0 Å². The van der Waals surface area contributed by atoms with Gasteiger partial charge in [0, 0.05) is 4.47 Å². The lowest BCUT2D eigenvalue weighted by atomic mass is 10.1. The molecular weight excluding hydrogens is 192 g/mol. The molecule has 0 heterocycles. The van der Waals surface area contributed by atoms with E-state index in [1.807, 2.05) is 24.3 Å². The van der Waals surface area contributed by atoms with E-state index in [9.17, 15) is 5.11 Å². The summed E-state index contributed by atoms with van der Waals surface area (Å²) in [5.41, 5.74) is 0.828. The van der Waals surface area contributed by atoms with Crippen LogP contribution in [0.25, 0.3) is 0 Å². The van der Waals surface area contributed by atoms with Gasteiger partial charge in [-0.05, 0) is 12.1 Å². The molecule has 0 aliphatic heterocycles. The predicted octanol–water partition coefficient (Wildman–Crippen LogP) is 1.87. The fourth-order valence-corrected chi connectivity index (χ4v) is 1.18. The molecule has 1 unspecified atom stereocenters. The summed E-state index contributed by atoms with van der Waals surface area (Å²) < 4.78 is 0.965. The number of hydrogen-bond acceptors (Lipinski definition) is 1. The molecule has 10 heavy (non-hydrogen) atoms. The third-order valence-electron chi connectivity index (χ3n) is 1.32. The van der Waals surface area contributed by atoms with E-state index < -0.39 is 6.10 Å². The van der Waals surface area contributed by atoms with Gasteiger partial charge < -0.3 is 5.11 Å². The van der Waals surface area contributed by atoms with Gasteiger partial charge in [-0.2, -0.15) is 0 Å². The van der Waals surface area contributed by atoms with Gasteiger partial charge in [0.2, 0.25) is 0 Å². The maximum Gasteiger partial charge on any atom is 0.0177 e. The first kappa shape index (κ1) is 7.76. The summed E-state index contributed by atoms with van der Waals surface area (Å²) in [6, 6.07) is 7.46. The van der Waals surface area contributed by atoms with E-state index in [2.05, 4.69) is 15.9 Å². The van der Waals surface area contributed by atoms with Crippen molar-refractivity contribution in [3.05, 3.63) is 34.3 Å². The summed E-state index contributed by atoms with van der Waals surface area (Å²) in [5.74, 6) is 0. The monoisotopic (exact) mass is 199 g/mol. The Morgan fingerprint density at radius 1 is 1.50 bits per heavy atom. The largest absolute Gasteiger partial charge is 0.849 e. The van der Waals surface area contributed by atoms with Crippen LogP contribution < -0.4 is 5.11 Å². The minimum Gasteiger partial charge on any atom is -0.849 e. The lowest BCUT2D eigenvalue weighted by Gasteiger charge is -2.15. The second-order valence-corrected chi connectivity index (χ2v) is 3.11. The molecule has 1 nitrogen and oxygen atoms in total. The lowest BCUT2D eigenvalue weighted by Crippen LogP contribution is -2.10. The summed E-state index contributed by atoms with van der Waals surface area (Å²) in [6.45, 7) is 1.64. The molecule has 0 radical (unpaired) electrons. The second kappa shape index (κ2) is 3.17. The van der Waals surface area contributed by atoms with Crippen molar-refractivity contribution < 1.29 is 5.11 Å². The van der Waals surface area contributed by atoms with E-state index in [-0.39, 0.29) is 0 Å². The number of benzene rings is 1. The molecule has 0 bridgehead atoms. The minimum absolute atomic E-state index is 0.627. The van der Waals surface area contributed by atoms with E-state index in [0.29, 0.717) is 0 Å². The molecule has 0 amide bonds. The fraction of sp³-hybridized carbons (Fsp3) is 0.250. The highest BCUT2D eigenvalue weighted by Gasteiger charge is 1.91. The number of rotatable bonds is 1. The maximum atomic E-state index is 10.9. The molecule has 2 heteroatoms. The van der Waals surface area contributed by atoms with Gasteiger partial charge in [0.25, 0.3) is 0 Å². The van der Waals surface area contributed by atoms with E-state index in [1.165, 1.54) is 0 Å². The fourth-order valence-electron chi connectivity index (χ4n) is 0.759. The van der Waals surface area contributed by atoms with E-state index in [4.69, 9.17) is 0 Å². The molecule has 0 saturated carbocycles. The van der Waals surface area contributed by atoms with Crippen LogP contribution >= 0.6 is 15.9 Å². The molecule has 0 saturated heterocycles. The Bertz CT molecular complexity index is 220. The Hall–Kier alpha value is -0.340. The first-order chi connectivity index (χ1) is 4.70. The van der Waals surface area contributed by atoms with Crippen LogP contribution in [0.15, 0.2) is 28.7 Å². The third kappa shape index (κ3) is 1.82. The second-order valence-electron chi connectivity index (χ2n) is 2.20. The first-order valence-corrected chi connectivity index (χ1v) is 3.91. The highest BCUT2D eigenvalue weighted by Crippen LogP contribution is 2.15. The van der Waals surface area contributed by atoms with Crippen LogP contribution in [-0.2, 0) is 0 Å². The normalized spacial score (nSPS) is 13.1. The molecule has 0 aliphatic rings. The van der Waals surface area contributed by atoms with Gasteiger partial charge in [-0.15, -0.1) is 6.10 Å². The molecule has 0 fully saturated rings. The van der Waals surface area contributed by atoms with Crippen molar-refractivity contribution in [1.29, 1.82) is 0 Å². The van der Waals surface area contributed by atoms with Crippen LogP contribution in [0.1, 0.15) is 18.6 Å².